The van der Waals surface area contributed by atoms with Crippen LogP contribution in [-0.2, 0) is 0 Å². The van der Waals surface area contributed by atoms with Crippen LogP contribution < -0.4 is 10.2 Å². The summed E-state index contributed by atoms with van der Waals surface area (Å²) in [7, 11) is 0. The van der Waals surface area contributed by atoms with Gasteiger partial charge >= 0.3 is 0 Å². The van der Waals surface area contributed by atoms with E-state index in [1.807, 2.05) is 12.1 Å². The molecule has 1 fully saturated rings. The second-order valence-electron chi connectivity index (χ2n) is 7.85. The molecule has 4 rings (SSSR count). The van der Waals surface area contributed by atoms with Crippen LogP contribution in [0.25, 0.3) is 22.6 Å². The molecule has 29 heavy (non-hydrogen) atoms. The molecule has 3 heterocycles. The number of hydrogen-bond donors (Lipinski definition) is 2. The third kappa shape index (κ3) is 4.29. The van der Waals surface area contributed by atoms with Crippen LogP contribution in [0.15, 0.2) is 42.7 Å². The molecule has 5 nitrogen and oxygen atoms in total. The first-order chi connectivity index (χ1) is 14.0. The Kier molecular flexibility index (Phi) is 5.58. The van der Waals surface area contributed by atoms with E-state index in [-0.39, 0.29) is 0 Å². The minimum absolute atomic E-state index is 0.404. The molecule has 2 aromatic heterocycles. The highest BCUT2D eigenvalue weighted by Crippen LogP contribution is 2.27. The lowest BCUT2D eigenvalue weighted by atomic mass is 10.0. The normalized spacial score (nSPS) is 17.1. The van der Waals surface area contributed by atoms with Crippen molar-refractivity contribution in [2.75, 3.05) is 24.5 Å². The molecule has 3 aromatic rings. The minimum atomic E-state index is -0.881. The van der Waals surface area contributed by atoms with Crippen LogP contribution in [0.5, 0.6) is 0 Å². The van der Waals surface area contributed by atoms with E-state index < -0.39 is 11.6 Å². The molecule has 152 valence electrons. The Labute approximate surface area is 169 Å². The number of pyridine rings is 1. The molecule has 1 aliphatic heterocycles. The lowest BCUT2D eigenvalue weighted by molar-refractivity contribution is 0.405. The zero-order chi connectivity index (χ0) is 20.4. The molecule has 0 radical (unpaired) electrons. The predicted molar refractivity (Wildman–Crippen MR) is 111 cm³/mol. The van der Waals surface area contributed by atoms with E-state index in [2.05, 4.69) is 39.0 Å². The maximum absolute atomic E-state index is 13.5. The van der Waals surface area contributed by atoms with Gasteiger partial charge in [0.2, 0.25) is 0 Å². The average molecular weight is 397 g/mol. The first-order valence-electron chi connectivity index (χ1n) is 9.96. The second-order valence-corrected chi connectivity index (χ2v) is 7.85. The Morgan fingerprint density at radius 1 is 1.14 bits per heavy atom. The van der Waals surface area contributed by atoms with Crippen LogP contribution in [0.2, 0.25) is 0 Å². The molecule has 0 bridgehead atoms. The number of benzene rings is 1. The quantitative estimate of drug-likeness (QED) is 0.676. The molecule has 2 N–H and O–H groups in total. The Morgan fingerprint density at radius 3 is 2.79 bits per heavy atom. The first kappa shape index (κ1) is 19.5. The fraction of sp³-hybridized carbons (Fsp3) is 0.364. The number of aromatic amines is 1. The maximum atomic E-state index is 13.5. The van der Waals surface area contributed by atoms with Crippen LogP contribution >= 0.6 is 0 Å². The van der Waals surface area contributed by atoms with E-state index in [1.165, 1.54) is 6.07 Å². The van der Waals surface area contributed by atoms with Crippen LogP contribution in [0, 0.1) is 17.6 Å². The summed E-state index contributed by atoms with van der Waals surface area (Å²) in [5.41, 5.74) is 2.00. The molecule has 0 saturated carbocycles. The number of halogens is 2. The Balaban J connectivity index is 1.60. The van der Waals surface area contributed by atoms with Crippen molar-refractivity contribution in [3.8, 4) is 22.6 Å². The summed E-state index contributed by atoms with van der Waals surface area (Å²) in [5.74, 6) is 0.460. The van der Waals surface area contributed by atoms with E-state index in [4.69, 9.17) is 0 Å². The topological polar surface area (TPSA) is 56.8 Å². The predicted octanol–water partition coefficient (Wildman–Crippen LogP) is 4.24. The number of nitrogens with zero attached hydrogens (tertiary/aromatic N) is 3. The van der Waals surface area contributed by atoms with Crippen molar-refractivity contribution in [2.45, 2.75) is 26.3 Å². The van der Waals surface area contributed by atoms with Gasteiger partial charge in [0.05, 0.1) is 5.69 Å². The van der Waals surface area contributed by atoms with Gasteiger partial charge in [0.25, 0.3) is 0 Å². The summed E-state index contributed by atoms with van der Waals surface area (Å²) in [5, 5.41) is 3.47. The third-order valence-electron chi connectivity index (χ3n) is 5.20. The summed E-state index contributed by atoms with van der Waals surface area (Å²) >= 11 is 0. The molecule has 1 atom stereocenters. The summed E-state index contributed by atoms with van der Waals surface area (Å²) in [4.78, 5) is 14.7. The van der Waals surface area contributed by atoms with Crippen LogP contribution in [0.1, 0.15) is 20.3 Å². The van der Waals surface area contributed by atoms with Gasteiger partial charge in [-0.15, -0.1) is 0 Å². The van der Waals surface area contributed by atoms with E-state index in [1.54, 1.807) is 12.4 Å². The third-order valence-corrected chi connectivity index (χ3v) is 5.20. The SMILES string of the molecule is CC(C)CC1CNCCN1c1cc(-c2nc(-c3ccc(F)c(F)c3)c[nH]2)ccn1. The highest BCUT2D eigenvalue weighted by atomic mass is 19.2. The van der Waals surface area contributed by atoms with Crippen molar-refractivity contribution in [1.82, 2.24) is 20.3 Å². The van der Waals surface area contributed by atoms with E-state index in [0.717, 1.165) is 49.6 Å². The number of imidazole rings is 1. The fourth-order valence-electron chi connectivity index (χ4n) is 3.81. The summed E-state index contributed by atoms with van der Waals surface area (Å²) in [6.45, 7) is 7.26. The van der Waals surface area contributed by atoms with Crippen molar-refractivity contribution >= 4 is 5.82 Å². The molecular weight excluding hydrogens is 372 g/mol. The Morgan fingerprint density at radius 2 is 2.00 bits per heavy atom. The van der Waals surface area contributed by atoms with Crippen molar-refractivity contribution < 1.29 is 8.78 Å². The molecule has 0 spiro atoms. The molecule has 7 heteroatoms. The largest absolute Gasteiger partial charge is 0.351 e. The van der Waals surface area contributed by atoms with Gasteiger partial charge in [-0.3, -0.25) is 0 Å². The van der Waals surface area contributed by atoms with Crippen molar-refractivity contribution in [3.63, 3.8) is 0 Å². The van der Waals surface area contributed by atoms with Crippen LogP contribution in [0.3, 0.4) is 0 Å². The van der Waals surface area contributed by atoms with Crippen molar-refractivity contribution in [2.24, 2.45) is 5.92 Å². The van der Waals surface area contributed by atoms with Gasteiger partial charge in [-0.05, 0) is 42.7 Å². The van der Waals surface area contributed by atoms with Gasteiger partial charge in [-0.2, -0.15) is 0 Å². The summed E-state index contributed by atoms with van der Waals surface area (Å²) in [6.07, 6.45) is 4.59. The van der Waals surface area contributed by atoms with Crippen molar-refractivity contribution in [3.05, 3.63) is 54.4 Å². The molecule has 0 aliphatic carbocycles. The smallest absolute Gasteiger partial charge is 0.159 e. The fourth-order valence-corrected chi connectivity index (χ4v) is 3.81. The number of rotatable bonds is 5. The van der Waals surface area contributed by atoms with Gasteiger partial charge in [0.15, 0.2) is 11.6 Å². The maximum Gasteiger partial charge on any atom is 0.159 e. The van der Waals surface area contributed by atoms with E-state index in [9.17, 15) is 8.78 Å². The molecule has 0 amide bonds. The zero-order valence-electron chi connectivity index (χ0n) is 16.6. The van der Waals surface area contributed by atoms with Crippen LogP contribution in [-0.4, -0.2) is 40.6 Å². The summed E-state index contributed by atoms with van der Waals surface area (Å²) < 4.78 is 26.7. The number of nitrogens with one attached hydrogen (secondary N) is 2. The average Bonchev–Trinajstić information content (AvgIpc) is 3.20. The van der Waals surface area contributed by atoms with Crippen LogP contribution in [0.4, 0.5) is 14.6 Å². The molecule has 1 aliphatic rings. The van der Waals surface area contributed by atoms with Gasteiger partial charge in [0, 0.05) is 49.2 Å². The highest BCUT2D eigenvalue weighted by Gasteiger charge is 2.24. The first-order valence-corrected chi connectivity index (χ1v) is 9.96. The monoisotopic (exact) mass is 397 g/mol. The molecule has 1 saturated heterocycles. The standard InChI is InChI=1S/C22H25F2N5/c1-14(2)9-17-12-25-7-8-29(17)21-11-16(5-6-26-21)22-27-13-20(28-22)15-3-4-18(23)19(24)10-15/h3-6,10-11,13-14,17,25H,7-9,12H2,1-2H3,(H,27,28). The lowest BCUT2D eigenvalue weighted by Gasteiger charge is -2.38. The number of hydrogen-bond acceptors (Lipinski definition) is 4. The highest BCUT2D eigenvalue weighted by molar-refractivity contribution is 5.66. The molecule has 1 unspecified atom stereocenters. The zero-order valence-corrected chi connectivity index (χ0v) is 16.6. The minimum Gasteiger partial charge on any atom is -0.351 e. The number of aromatic nitrogens is 3. The van der Waals surface area contributed by atoms with Gasteiger partial charge in [0.1, 0.15) is 11.6 Å². The molecule has 1 aromatic carbocycles. The summed E-state index contributed by atoms with van der Waals surface area (Å²) in [6, 6.07) is 8.13. The number of anilines is 1. The Hall–Kier alpha value is -2.80. The van der Waals surface area contributed by atoms with Gasteiger partial charge < -0.3 is 15.2 Å². The van der Waals surface area contributed by atoms with Gasteiger partial charge in [-0.1, -0.05) is 13.8 Å². The Bertz CT molecular complexity index is 985. The number of H-pyrrole nitrogens is 1. The number of piperazine rings is 1. The lowest BCUT2D eigenvalue weighted by Crippen LogP contribution is -2.52. The second kappa shape index (κ2) is 8.29. The van der Waals surface area contributed by atoms with E-state index in [0.29, 0.717) is 29.0 Å². The van der Waals surface area contributed by atoms with Gasteiger partial charge in [-0.25, -0.2) is 18.7 Å². The molecular formula is C22H25F2N5. The van der Waals surface area contributed by atoms with E-state index >= 15 is 0 Å². The van der Waals surface area contributed by atoms with Crippen molar-refractivity contribution in [1.29, 1.82) is 0 Å².